The molecule has 4 atom stereocenters. The Morgan fingerprint density at radius 3 is 2.03 bits per heavy atom. The molecule has 2 saturated heterocycles. The van der Waals surface area contributed by atoms with Gasteiger partial charge in [-0.25, -0.2) is 9.59 Å². The van der Waals surface area contributed by atoms with Gasteiger partial charge in [-0.05, 0) is 36.8 Å². The van der Waals surface area contributed by atoms with E-state index in [1.807, 2.05) is 46.2 Å². The molecule has 0 radical (unpaired) electrons. The number of rotatable bonds is 8. The lowest BCUT2D eigenvalue weighted by molar-refractivity contribution is 0.0582. The maximum atomic E-state index is 13.3. The molecule has 2 fully saturated rings. The molecule has 2 amide bonds. The molecule has 4 unspecified atom stereocenters. The Bertz CT molecular complexity index is 1150. The Kier molecular flexibility index (Phi) is 6.86. The number of nitrogens with zero attached hydrogens (tertiary/aromatic N) is 2. The first-order chi connectivity index (χ1) is 17.6. The van der Waals surface area contributed by atoms with Gasteiger partial charge >= 0.3 is 12.2 Å². The second kappa shape index (κ2) is 10.2. The monoisotopic (exact) mass is 486 g/mol. The lowest BCUT2D eigenvalue weighted by Gasteiger charge is -2.50. The summed E-state index contributed by atoms with van der Waals surface area (Å²) < 4.78 is 11.3. The Morgan fingerprint density at radius 2 is 1.42 bits per heavy atom. The number of amides is 2. The Hall–Kier alpha value is -3.54. The van der Waals surface area contributed by atoms with Gasteiger partial charge in [0.05, 0.1) is 23.7 Å². The number of hydrogen-bond donors (Lipinski definition) is 0. The van der Waals surface area contributed by atoms with Crippen molar-refractivity contribution in [3.05, 3.63) is 95.6 Å². The zero-order valence-electron chi connectivity index (χ0n) is 21.0. The molecule has 1 aliphatic carbocycles. The Morgan fingerprint density at radius 1 is 0.833 bits per heavy atom. The molecule has 3 aliphatic rings. The molecule has 0 N–H and O–H groups in total. The maximum Gasteiger partial charge on any atom is 0.411 e. The molecule has 188 valence electrons. The van der Waals surface area contributed by atoms with Crippen LogP contribution in [0.5, 0.6) is 0 Å². The van der Waals surface area contributed by atoms with Crippen molar-refractivity contribution in [3.8, 4) is 0 Å². The van der Waals surface area contributed by atoms with E-state index in [0.717, 1.165) is 23.1 Å². The van der Waals surface area contributed by atoms with Gasteiger partial charge in [0.25, 0.3) is 0 Å². The molecule has 0 saturated carbocycles. The van der Waals surface area contributed by atoms with Gasteiger partial charge in [-0.2, -0.15) is 0 Å². The molecule has 2 aromatic carbocycles. The van der Waals surface area contributed by atoms with E-state index in [2.05, 4.69) is 56.3 Å². The van der Waals surface area contributed by atoms with Gasteiger partial charge in [0.2, 0.25) is 0 Å². The van der Waals surface area contributed by atoms with E-state index in [1.165, 1.54) is 0 Å². The highest BCUT2D eigenvalue weighted by molar-refractivity contribution is 5.75. The lowest BCUT2D eigenvalue weighted by atomic mass is 9.77. The van der Waals surface area contributed by atoms with E-state index in [9.17, 15) is 9.59 Å². The SMILES string of the molecule is CCC1=CC(N2C(=O)OCC2Cc2ccccc2)C(CC)(N2C(=O)OCC2Cc2ccccc2)C=C1. The van der Waals surface area contributed by atoms with Crippen molar-refractivity contribution >= 4 is 12.2 Å². The van der Waals surface area contributed by atoms with Crippen molar-refractivity contribution in [1.29, 1.82) is 0 Å². The fourth-order valence-electron chi connectivity index (χ4n) is 5.89. The van der Waals surface area contributed by atoms with E-state index in [1.54, 1.807) is 0 Å². The second-order valence-electron chi connectivity index (χ2n) is 9.84. The molecule has 0 aromatic heterocycles. The van der Waals surface area contributed by atoms with Gasteiger partial charge in [0.1, 0.15) is 13.2 Å². The highest BCUT2D eigenvalue weighted by Gasteiger charge is 2.55. The maximum absolute atomic E-state index is 13.3. The standard InChI is InChI=1S/C30H34N2O4/c1-3-22-15-16-30(4-2,32-26(21-36-29(32)34)18-24-13-9-6-10-14-24)27(19-22)31-25(20-35-28(31)33)17-23-11-7-5-8-12-23/h5-16,19,25-27H,3-4,17-18,20-21H2,1-2H3. The molecule has 6 heteroatoms. The average Bonchev–Trinajstić information content (AvgIpc) is 3.46. The topological polar surface area (TPSA) is 59.1 Å². The van der Waals surface area contributed by atoms with Crippen molar-refractivity contribution < 1.29 is 19.1 Å². The third kappa shape index (κ3) is 4.41. The van der Waals surface area contributed by atoms with Crippen molar-refractivity contribution in [2.24, 2.45) is 0 Å². The van der Waals surface area contributed by atoms with E-state index >= 15 is 0 Å². The Labute approximate surface area is 213 Å². The molecule has 6 nitrogen and oxygen atoms in total. The fourth-order valence-corrected chi connectivity index (χ4v) is 5.89. The van der Waals surface area contributed by atoms with Gasteiger partial charge in [-0.1, -0.05) is 98.3 Å². The van der Waals surface area contributed by atoms with Crippen LogP contribution in [0.2, 0.25) is 0 Å². The molecule has 0 bridgehead atoms. The van der Waals surface area contributed by atoms with Gasteiger partial charge in [-0.3, -0.25) is 9.80 Å². The summed E-state index contributed by atoms with van der Waals surface area (Å²) in [5, 5.41) is 0. The molecule has 2 heterocycles. The van der Waals surface area contributed by atoms with Gasteiger partial charge in [0, 0.05) is 0 Å². The van der Waals surface area contributed by atoms with E-state index in [0.29, 0.717) is 32.5 Å². The largest absolute Gasteiger partial charge is 0.447 e. The molecule has 0 spiro atoms. The summed E-state index contributed by atoms with van der Waals surface area (Å²) in [5.41, 5.74) is 2.72. The number of carbonyl (C=O) groups excluding carboxylic acids is 2. The number of ether oxygens (including phenoxy) is 2. The van der Waals surface area contributed by atoms with Crippen LogP contribution in [0, 0.1) is 0 Å². The van der Waals surface area contributed by atoms with Gasteiger partial charge < -0.3 is 9.47 Å². The van der Waals surface area contributed by atoms with Gasteiger partial charge in [0.15, 0.2) is 0 Å². The minimum absolute atomic E-state index is 0.122. The van der Waals surface area contributed by atoms with Crippen LogP contribution < -0.4 is 0 Å². The molecule has 5 rings (SSSR count). The summed E-state index contributed by atoms with van der Waals surface area (Å²) >= 11 is 0. The fraction of sp³-hybridized carbons (Fsp3) is 0.400. The number of hydrogen-bond acceptors (Lipinski definition) is 4. The third-order valence-electron chi connectivity index (χ3n) is 7.79. The molecular weight excluding hydrogens is 452 g/mol. The van der Waals surface area contributed by atoms with Crippen LogP contribution in [0.25, 0.3) is 0 Å². The minimum atomic E-state index is -0.732. The summed E-state index contributed by atoms with van der Waals surface area (Å²) in [6.45, 7) is 4.86. The summed E-state index contributed by atoms with van der Waals surface area (Å²) in [4.78, 5) is 30.3. The van der Waals surface area contributed by atoms with Crippen LogP contribution >= 0.6 is 0 Å². The van der Waals surface area contributed by atoms with Crippen molar-refractivity contribution in [2.75, 3.05) is 13.2 Å². The highest BCUT2D eigenvalue weighted by Crippen LogP contribution is 2.41. The first kappa shape index (κ1) is 24.2. The number of allylic oxidation sites excluding steroid dienone is 2. The van der Waals surface area contributed by atoms with Gasteiger partial charge in [-0.15, -0.1) is 0 Å². The predicted octanol–water partition coefficient (Wildman–Crippen LogP) is 5.54. The number of cyclic esters (lactones) is 2. The summed E-state index contributed by atoms with van der Waals surface area (Å²) in [6, 6.07) is 19.8. The van der Waals surface area contributed by atoms with Crippen molar-refractivity contribution in [3.63, 3.8) is 0 Å². The summed E-state index contributed by atoms with van der Waals surface area (Å²) in [6.07, 6.45) is 8.63. The second-order valence-corrected chi connectivity index (χ2v) is 9.84. The molecule has 2 aliphatic heterocycles. The number of carbonyl (C=O) groups is 2. The molecule has 2 aromatic rings. The van der Waals surface area contributed by atoms with Crippen molar-refractivity contribution in [1.82, 2.24) is 9.80 Å². The zero-order chi connectivity index (χ0) is 25.1. The normalized spacial score (nSPS) is 27.7. The van der Waals surface area contributed by atoms with Crippen LogP contribution in [-0.2, 0) is 22.3 Å². The summed E-state index contributed by atoms with van der Waals surface area (Å²) in [7, 11) is 0. The van der Waals surface area contributed by atoms with E-state index in [-0.39, 0.29) is 30.3 Å². The first-order valence-corrected chi connectivity index (χ1v) is 12.9. The minimum Gasteiger partial charge on any atom is -0.447 e. The van der Waals surface area contributed by atoms with Crippen LogP contribution in [0.1, 0.15) is 37.8 Å². The average molecular weight is 487 g/mol. The summed E-state index contributed by atoms with van der Waals surface area (Å²) in [5.74, 6) is 0. The highest BCUT2D eigenvalue weighted by atomic mass is 16.6. The van der Waals surface area contributed by atoms with Crippen LogP contribution in [0.3, 0.4) is 0 Å². The van der Waals surface area contributed by atoms with E-state index in [4.69, 9.17) is 9.47 Å². The quantitative estimate of drug-likeness (QED) is 0.492. The number of benzene rings is 2. The van der Waals surface area contributed by atoms with Crippen molar-refractivity contribution in [2.45, 2.75) is 63.2 Å². The van der Waals surface area contributed by atoms with E-state index < -0.39 is 5.54 Å². The molecule has 36 heavy (non-hydrogen) atoms. The lowest BCUT2D eigenvalue weighted by Crippen LogP contribution is -2.65. The first-order valence-electron chi connectivity index (χ1n) is 12.9. The third-order valence-corrected chi connectivity index (χ3v) is 7.79. The smallest absolute Gasteiger partial charge is 0.411 e. The predicted molar refractivity (Wildman–Crippen MR) is 139 cm³/mol. The van der Waals surface area contributed by atoms with Crippen LogP contribution in [0.4, 0.5) is 9.59 Å². The van der Waals surface area contributed by atoms with Crippen LogP contribution in [-0.4, -0.2) is 58.9 Å². The molecular formula is C30H34N2O4. The van der Waals surface area contributed by atoms with Crippen LogP contribution in [0.15, 0.2) is 84.5 Å². The Balaban J connectivity index is 1.53. The zero-order valence-corrected chi connectivity index (χ0v) is 21.0.